The van der Waals surface area contributed by atoms with E-state index in [1.165, 1.54) is 37.5 Å². The summed E-state index contributed by atoms with van der Waals surface area (Å²) in [6.45, 7) is 2.57. The molecule has 26 heavy (non-hydrogen) atoms. The van der Waals surface area contributed by atoms with Gasteiger partial charge in [-0.2, -0.15) is 0 Å². The van der Waals surface area contributed by atoms with Crippen LogP contribution in [0.15, 0.2) is 18.2 Å². The van der Waals surface area contributed by atoms with Crippen molar-refractivity contribution >= 4 is 23.4 Å². The molecule has 4 nitrogen and oxygen atoms in total. The van der Waals surface area contributed by atoms with Gasteiger partial charge in [0.15, 0.2) is 0 Å². The van der Waals surface area contributed by atoms with Gasteiger partial charge in [-0.25, -0.2) is 4.39 Å². The van der Waals surface area contributed by atoms with Gasteiger partial charge in [0, 0.05) is 31.2 Å². The first-order chi connectivity index (χ1) is 12.5. The average Bonchev–Trinajstić information content (AvgIpc) is 3.01. The highest BCUT2D eigenvalue weighted by Gasteiger charge is 2.49. The second kappa shape index (κ2) is 6.84. The average molecular weight is 379 g/mol. The Hall–Kier alpha value is -1.62. The van der Waals surface area contributed by atoms with Crippen LogP contribution < -0.4 is 0 Å². The van der Waals surface area contributed by atoms with Gasteiger partial charge in [-0.1, -0.05) is 18.0 Å². The van der Waals surface area contributed by atoms with Crippen LogP contribution in [0, 0.1) is 17.2 Å². The highest BCUT2D eigenvalue weighted by molar-refractivity contribution is 6.31. The molecule has 3 fully saturated rings. The number of piperidine rings is 1. The Kier molecular flexibility index (Phi) is 4.68. The Morgan fingerprint density at radius 1 is 1.23 bits per heavy atom. The minimum Gasteiger partial charge on any atom is -0.342 e. The lowest BCUT2D eigenvalue weighted by molar-refractivity contribution is -0.146. The molecule has 0 N–H and O–H groups in total. The number of carbonyl (C=O) groups excluding carboxylic acids is 2. The van der Waals surface area contributed by atoms with E-state index < -0.39 is 11.2 Å². The third-order valence-electron chi connectivity index (χ3n) is 6.33. The molecule has 2 heterocycles. The van der Waals surface area contributed by atoms with Crippen LogP contribution in [0.4, 0.5) is 4.39 Å². The smallest absolute Gasteiger partial charge is 0.256 e. The number of rotatable bonds is 3. The normalized spacial score (nSPS) is 26.5. The first-order valence-electron chi connectivity index (χ1n) is 9.52. The lowest BCUT2D eigenvalue weighted by Gasteiger charge is -2.42. The van der Waals surface area contributed by atoms with Crippen LogP contribution in [-0.4, -0.2) is 47.8 Å². The number of benzene rings is 1. The summed E-state index contributed by atoms with van der Waals surface area (Å²) in [5.74, 6) is -0.0981. The zero-order valence-electron chi connectivity index (χ0n) is 14.8. The second-order valence-corrected chi connectivity index (χ2v) is 8.47. The Bertz CT molecular complexity index is 737. The van der Waals surface area contributed by atoms with Gasteiger partial charge in [0.1, 0.15) is 5.82 Å². The molecule has 0 bridgehead atoms. The molecule has 3 aliphatic rings. The van der Waals surface area contributed by atoms with Gasteiger partial charge in [-0.05, 0) is 56.2 Å². The van der Waals surface area contributed by atoms with E-state index in [1.807, 2.05) is 4.90 Å². The second-order valence-electron chi connectivity index (χ2n) is 8.03. The number of nitrogens with zero attached hydrogens (tertiary/aromatic N) is 2. The number of hydrogen-bond acceptors (Lipinski definition) is 2. The number of hydrogen-bond donors (Lipinski definition) is 0. The van der Waals surface area contributed by atoms with Crippen molar-refractivity contribution in [2.75, 3.05) is 26.2 Å². The number of likely N-dealkylation sites (tertiary alicyclic amines) is 2. The van der Waals surface area contributed by atoms with Gasteiger partial charge < -0.3 is 9.80 Å². The lowest BCUT2D eigenvalue weighted by Crippen LogP contribution is -2.52. The summed E-state index contributed by atoms with van der Waals surface area (Å²) in [6.07, 6.45) is 6.16. The highest BCUT2D eigenvalue weighted by Crippen LogP contribution is 2.41. The van der Waals surface area contributed by atoms with E-state index in [0.717, 1.165) is 25.9 Å². The summed E-state index contributed by atoms with van der Waals surface area (Å²) < 4.78 is 14.1. The molecule has 1 saturated carbocycles. The van der Waals surface area contributed by atoms with Crippen molar-refractivity contribution in [2.24, 2.45) is 11.3 Å². The molecular formula is C20H24ClFN2O2. The van der Waals surface area contributed by atoms with E-state index in [-0.39, 0.29) is 17.4 Å². The van der Waals surface area contributed by atoms with Crippen molar-refractivity contribution in [3.05, 3.63) is 34.6 Å². The predicted octanol–water partition coefficient (Wildman–Crippen LogP) is 3.73. The zero-order chi connectivity index (χ0) is 18.3. The van der Waals surface area contributed by atoms with Crippen LogP contribution >= 0.6 is 11.6 Å². The summed E-state index contributed by atoms with van der Waals surface area (Å²) >= 11 is 5.92. The zero-order valence-corrected chi connectivity index (χ0v) is 15.6. The lowest BCUT2D eigenvalue weighted by atomic mass is 9.77. The largest absolute Gasteiger partial charge is 0.342 e. The fraction of sp³-hybridized carbons (Fsp3) is 0.600. The molecule has 0 unspecified atom stereocenters. The van der Waals surface area contributed by atoms with E-state index in [4.69, 9.17) is 11.6 Å². The van der Waals surface area contributed by atoms with E-state index >= 15 is 0 Å². The minimum absolute atomic E-state index is 0.0101. The van der Waals surface area contributed by atoms with Gasteiger partial charge in [-0.3, -0.25) is 9.59 Å². The molecule has 4 rings (SSSR count). The van der Waals surface area contributed by atoms with Crippen LogP contribution in [-0.2, 0) is 4.79 Å². The van der Waals surface area contributed by atoms with E-state index in [0.29, 0.717) is 30.5 Å². The molecule has 1 aromatic carbocycles. The van der Waals surface area contributed by atoms with Crippen molar-refractivity contribution < 1.29 is 14.0 Å². The molecule has 6 heteroatoms. The van der Waals surface area contributed by atoms with Crippen LogP contribution in [0.25, 0.3) is 0 Å². The SMILES string of the molecule is O=C(c1cc(Cl)ccc1F)N1CC[C@]2(CCCN(CC3CCC3)C2=O)C1. The Morgan fingerprint density at radius 2 is 2.04 bits per heavy atom. The van der Waals surface area contributed by atoms with E-state index in [1.54, 1.807) is 4.90 Å². The third-order valence-corrected chi connectivity index (χ3v) is 6.56. The van der Waals surface area contributed by atoms with Crippen molar-refractivity contribution in [1.82, 2.24) is 9.80 Å². The van der Waals surface area contributed by atoms with Gasteiger partial charge in [0.05, 0.1) is 11.0 Å². The molecular weight excluding hydrogens is 355 g/mol. The predicted molar refractivity (Wildman–Crippen MR) is 97.5 cm³/mol. The van der Waals surface area contributed by atoms with E-state index in [9.17, 15) is 14.0 Å². The molecule has 1 spiro atoms. The third kappa shape index (κ3) is 3.11. The molecule has 0 aromatic heterocycles. The fourth-order valence-electron chi connectivity index (χ4n) is 4.57. The quantitative estimate of drug-likeness (QED) is 0.804. The fourth-order valence-corrected chi connectivity index (χ4v) is 4.74. The molecule has 2 amide bonds. The molecule has 1 aliphatic carbocycles. The van der Waals surface area contributed by atoms with Crippen LogP contribution in [0.3, 0.4) is 0 Å². The Morgan fingerprint density at radius 3 is 2.77 bits per heavy atom. The number of carbonyl (C=O) groups is 2. The van der Waals surface area contributed by atoms with Crippen molar-refractivity contribution in [3.8, 4) is 0 Å². The van der Waals surface area contributed by atoms with Gasteiger partial charge in [-0.15, -0.1) is 0 Å². The number of halogens is 2. The summed E-state index contributed by atoms with van der Waals surface area (Å²) in [4.78, 5) is 29.6. The number of amides is 2. The molecule has 140 valence electrons. The van der Waals surface area contributed by atoms with Crippen molar-refractivity contribution in [3.63, 3.8) is 0 Å². The van der Waals surface area contributed by atoms with Gasteiger partial charge in [0.2, 0.25) is 5.91 Å². The first-order valence-corrected chi connectivity index (χ1v) is 9.90. The monoisotopic (exact) mass is 378 g/mol. The molecule has 2 saturated heterocycles. The molecule has 0 radical (unpaired) electrons. The van der Waals surface area contributed by atoms with Crippen LogP contribution in [0.2, 0.25) is 5.02 Å². The summed E-state index contributed by atoms with van der Waals surface area (Å²) in [6, 6.07) is 4.02. The maximum Gasteiger partial charge on any atom is 0.256 e. The summed E-state index contributed by atoms with van der Waals surface area (Å²) in [5.41, 5.74) is -0.490. The molecule has 1 aromatic rings. The highest BCUT2D eigenvalue weighted by atomic mass is 35.5. The van der Waals surface area contributed by atoms with Crippen LogP contribution in [0.1, 0.15) is 48.9 Å². The Balaban J connectivity index is 1.48. The standard InChI is InChI=1S/C20H24ClFN2O2/c21-15-5-6-17(22)16(11-15)18(25)24-10-8-20(13-24)7-2-9-23(19(20)26)12-14-3-1-4-14/h5-6,11,14H,1-4,7-10,12-13H2/t20-/m1/s1. The van der Waals surface area contributed by atoms with Crippen molar-refractivity contribution in [1.29, 1.82) is 0 Å². The molecule has 1 atom stereocenters. The van der Waals surface area contributed by atoms with E-state index in [2.05, 4.69) is 0 Å². The topological polar surface area (TPSA) is 40.6 Å². The molecule has 2 aliphatic heterocycles. The first kappa shape index (κ1) is 17.8. The minimum atomic E-state index is -0.568. The van der Waals surface area contributed by atoms with Gasteiger partial charge in [0.25, 0.3) is 5.91 Å². The summed E-state index contributed by atoms with van der Waals surface area (Å²) in [5, 5.41) is 0.337. The van der Waals surface area contributed by atoms with Crippen LogP contribution in [0.5, 0.6) is 0 Å². The van der Waals surface area contributed by atoms with Gasteiger partial charge >= 0.3 is 0 Å². The Labute approximate surface area is 158 Å². The maximum absolute atomic E-state index is 14.1. The van der Waals surface area contributed by atoms with Crippen molar-refractivity contribution in [2.45, 2.75) is 38.5 Å². The maximum atomic E-state index is 14.1. The summed E-state index contributed by atoms with van der Waals surface area (Å²) in [7, 11) is 0.